The molecule has 2 amide bonds. The quantitative estimate of drug-likeness (QED) is 0.747. The molecular weight excluding hydrogens is 330 g/mol. The summed E-state index contributed by atoms with van der Waals surface area (Å²) in [6.07, 6.45) is 0. The molecule has 0 unspecified atom stereocenters. The maximum Gasteiger partial charge on any atom is 0.272 e. The van der Waals surface area contributed by atoms with Crippen molar-refractivity contribution in [2.24, 2.45) is 0 Å². The number of nitrogens with zero attached hydrogens (tertiary/aromatic N) is 1. The molecule has 25 heavy (non-hydrogen) atoms. The highest BCUT2D eigenvalue weighted by Crippen LogP contribution is 2.40. The van der Waals surface area contributed by atoms with Crippen molar-refractivity contribution in [2.45, 2.75) is 32.9 Å². The van der Waals surface area contributed by atoms with E-state index in [1.165, 1.54) is 16.7 Å². The monoisotopic (exact) mass is 351 g/mol. The molecule has 3 nitrogen and oxygen atoms in total. The smallest absolute Gasteiger partial charge is 0.268 e. The van der Waals surface area contributed by atoms with Gasteiger partial charge in [0.05, 0.1) is 16.2 Å². The van der Waals surface area contributed by atoms with Crippen LogP contribution in [0, 0.1) is 13.8 Å². The van der Waals surface area contributed by atoms with Gasteiger partial charge >= 0.3 is 0 Å². The summed E-state index contributed by atoms with van der Waals surface area (Å²) in [5.74, 6) is -0.468. The van der Waals surface area contributed by atoms with Crippen LogP contribution in [0.15, 0.2) is 53.4 Å². The minimum absolute atomic E-state index is 0.212. The summed E-state index contributed by atoms with van der Waals surface area (Å²) in [5.41, 5.74) is 3.90. The molecule has 0 radical (unpaired) electrons. The maximum atomic E-state index is 13.2. The summed E-state index contributed by atoms with van der Waals surface area (Å²) >= 11 is 1.45. The summed E-state index contributed by atoms with van der Waals surface area (Å²) in [5, 5.41) is 0.212. The Morgan fingerprint density at radius 3 is 2.24 bits per heavy atom. The lowest BCUT2D eigenvalue weighted by Gasteiger charge is -2.18. The predicted octanol–water partition coefficient (Wildman–Crippen LogP) is 4.73. The molecule has 1 aliphatic heterocycles. The molecule has 3 rings (SSSR count). The van der Waals surface area contributed by atoms with Crippen molar-refractivity contribution in [2.75, 3.05) is 4.90 Å². The topological polar surface area (TPSA) is 37.4 Å². The van der Waals surface area contributed by atoms with Gasteiger partial charge in [-0.1, -0.05) is 56.3 Å². The van der Waals surface area contributed by atoms with Crippen LogP contribution in [0.5, 0.6) is 0 Å². The number of imide groups is 1. The first-order valence-electron chi connectivity index (χ1n) is 8.32. The van der Waals surface area contributed by atoms with E-state index in [1.807, 2.05) is 76.2 Å². The van der Waals surface area contributed by atoms with Gasteiger partial charge in [0, 0.05) is 5.25 Å². The van der Waals surface area contributed by atoms with Crippen molar-refractivity contribution in [1.82, 2.24) is 0 Å². The Bertz CT molecular complexity index is 869. The second-order valence-corrected chi connectivity index (χ2v) is 8.06. The minimum Gasteiger partial charge on any atom is -0.268 e. The second kappa shape index (κ2) is 6.89. The van der Waals surface area contributed by atoms with Crippen molar-refractivity contribution < 1.29 is 9.59 Å². The van der Waals surface area contributed by atoms with E-state index in [9.17, 15) is 9.59 Å². The fraction of sp³-hybridized carbons (Fsp3) is 0.238. The van der Waals surface area contributed by atoms with Gasteiger partial charge in [-0.3, -0.25) is 9.59 Å². The number of hydrogen-bond acceptors (Lipinski definition) is 3. The average Bonchev–Trinajstić information content (AvgIpc) is 2.81. The van der Waals surface area contributed by atoms with Gasteiger partial charge in [-0.25, -0.2) is 4.90 Å². The van der Waals surface area contributed by atoms with E-state index in [4.69, 9.17) is 0 Å². The van der Waals surface area contributed by atoms with Gasteiger partial charge in [0.25, 0.3) is 11.8 Å². The van der Waals surface area contributed by atoms with E-state index < -0.39 is 0 Å². The zero-order chi connectivity index (χ0) is 18.1. The lowest BCUT2D eigenvalue weighted by atomic mass is 10.1. The Hall–Kier alpha value is -2.33. The van der Waals surface area contributed by atoms with Crippen LogP contribution in [0.4, 0.5) is 5.69 Å². The molecule has 0 aliphatic carbocycles. The number of carbonyl (C=O) groups excluding carboxylic acids is 2. The fourth-order valence-corrected chi connectivity index (χ4v) is 3.88. The third-order valence-electron chi connectivity index (χ3n) is 4.06. The molecule has 0 bridgehead atoms. The molecule has 0 atom stereocenters. The van der Waals surface area contributed by atoms with E-state index in [0.717, 1.165) is 16.7 Å². The third kappa shape index (κ3) is 3.27. The summed E-state index contributed by atoms with van der Waals surface area (Å²) in [7, 11) is 0. The average molecular weight is 351 g/mol. The molecule has 0 saturated heterocycles. The normalized spacial score (nSPS) is 14.8. The summed E-state index contributed by atoms with van der Waals surface area (Å²) in [4.78, 5) is 28.2. The molecule has 0 N–H and O–H groups in total. The van der Waals surface area contributed by atoms with E-state index in [1.54, 1.807) is 0 Å². The maximum absolute atomic E-state index is 13.2. The summed E-state index contributed by atoms with van der Waals surface area (Å²) in [6, 6.07) is 15.3. The van der Waals surface area contributed by atoms with Crippen molar-refractivity contribution in [3.63, 3.8) is 0 Å². The number of amides is 2. The van der Waals surface area contributed by atoms with Crippen LogP contribution in [0.25, 0.3) is 5.57 Å². The largest absolute Gasteiger partial charge is 0.272 e. The summed E-state index contributed by atoms with van der Waals surface area (Å²) in [6.45, 7) is 7.94. The van der Waals surface area contributed by atoms with Gasteiger partial charge in [-0.15, -0.1) is 11.8 Å². The van der Waals surface area contributed by atoms with Crippen LogP contribution < -0.4 is 4.90 Å². The van der Waals surface area contributed by atoms with Gasteiger partial charge in [0.1, 0.15) is 0 Å². The summed E-state index contributed by atoms with van der Waals surface area (Å²) < 4.78 is 0. The van der Waals surface area contributed by atoms with Crippen LogP contribution in [0.3, 0.4) is 0 Å². The van der Waals surface area contributed by atoms with Gasteiger partial charge in [0.15, 0.2) is 0 Å². The Balaban J connectivity index is 2.14. The SMILES string of the molecule is Cc1ccc(C)c(N2C(=O)C(SC(C)C)=C(c3ccccc3)C2=O)c1. The predicted molar refractivity (Wildman–Crippen MR) is 104 cm³/mol. The standard InChI is InChI=1S/C21H21NO2S/c1-13(2)25-19-18(16-8-6-5-7-9-16)20(23)22(21(19)24)17-12-14(3)10-11-15(17)4/h5-13H,1-4H3. The van der Waals surface area contributed by atoms with Gasteiger partial charge in [-0.2, -0.15) is 0 Å². The molecular formula is C21H21NO2S. The number of rotatable bonds is 4. The first kappa shape index (κ1) is 17.5. The Kier molecular flexibility index (Phi) is 4.82. The van der Waals surface area contributed by atoms with Gasteiger partial charge in [0.2, 0.25) is 0 Å². The third-order valence-corrected chi connectivity index (χ3v) is 5.15. The molecule has 0 saturated carbocycles. The fourth-order valence-electron chi connectivity index (χ4n) is 2.89. The van der Waals surface area contributed by atoms with Gasteiger partial charge < -0.3 is 0 Å². The number of aryl methyl sites for hydroxylation is 2. The minimum atomic E-state index is -0.243. The van der Waals surface area contributed by atoms with Crippen LogP contribution in [0.2, 0.25) is 0 Å². The molecule has 1 heterocycles. The van der Waals surface area contributed by atoms with Crippen LogP contribution >= 0.6 is 11.8 Å². The molecule has 2 aromatic rings. The number of thioether (sulfide) groups is 1. The molecule has 0 fully saturated rings. The Morgan fingerprint density at radius 1 is 0.920 bits per heavy atom. The molecule has 4 heteroatoms. The number of carbonyl (C=O) groups is 2. The highest BCUT2D eigenvalue weighted by atomic mass is 32.2. The van der Waals surface area contributed by atoms with Crippen LogP contribution in [-0.4, -0.2) is 17.1 Å². The first-order chi connectivity index (χ1) is 11.9. The molecule has 2 aromatic carbocycles. The van der Waals surface area contributed by atoms with E-state index >= 15 is 0 Å². The van der Waals surface area contributed by atoms with E-state index in [-0.39, 0.29) is 17.1 Å². The Morgan fingerprint density at radius 2 is 1.60 bits per heavy atom. The number of benzene rings is 2. The van der Waals surface area contributed by atoms with Crippen LogP contribution in [0.1, 0.15) is 30.5 Å². The van der Waals surface area contributed by atoms with Crippen molar-refractivity contribution in [3.8, 4) is 0 Å². The number of hydrogen-bond donors (Lipinski definition) is 0. The lowest BCUT2D eigenvalue weighted by Crippen LogP contribution is -2.32. The van der Waals surface area contributed by atoms with Crippen molar-refractivity contribution in [3.05, 3.63) is 70.1 Å². The van der Waals surface area contributed by atoms with Gasteiger partial charge in [-0.05, 0) is 36.6 Å². The highest BCUT2D eigenvalue weighted by molar-refractivity contribution is 8.04. The van der Waals surface area contributed by atoms with E-state index in [2.05, 4.69) is 0 Å². The van der Waals surface area contributed by atoms with E-state index in [0.29, 0.717) is 16.2 Å². The molecule has 128 valence electrons. The molecule has 1 aliphatic rings. The zero-order valence-corrected chi connectivity index (χ0v) is 15.7. The zero-order valence-electron chi connectivity index (χ0n) is 14.9. The Labute approximate surface area is 152 Å². The first-order valence-corrected chi connectivity index (χ1v) is 9.20. The van der Waals surface area contributed by atoms with Crippen LogP contribution in [-0.2, 0) is 9.59 Å². The lowest BCUT2D eigenvalue weighted by molar-refractivity contribution is -0.119. The second-order valence-electron chi connectivity index (χ2n) is 6.47. The van der Waals surface area contributed by atoms with Crippen molar-refractivity contribution in [1.29, 1.82) is 0 Å². The van der Waals surface area contributed by atoms with Crippen molar-refractivity contribution >= 4 is 34.8 Å². The highest BCUT2D eigenvalue weighted by Gasteiger charge is 2.40. The number of anilines is 1. The molecule has 0 aromatic heterocycles. The molecule has 0 spiro atoms.